The van der Waals surface area contributed by atoms with Crippen LogP contribution in [0.4, 0.5) is 5.69 Å². The maximum Gasteiger partial charge on any atom is 0.311 e. The lowest BCUT2D eigenvalue weighted by Crippen LogP contribution is -2.10. The molecule has 7 heteroatoms. The number of nitro groups is 1. The van der Waals surface area contributed by atoms with Crippen molar-refractivity contribution in [1.29, 1.82) is 0 Å². The number of hydrogen-bond acceptors (Lipinski definition) is 5. The molecule has 0 saturated heterocycles. The normalized spacial score (nSPS) is 9.65. The molecule has 0 fully saturated rings. The highest BCUT2D eigenvalue weighted by Crippen LogP contribution is 2.17. The van der Waals surface area contributed by atoms with E-state index in [0.717, 1.165) is 0 Å². The van der Waals surface area contributed by atoms with Gasteiger partial charge in [-0.2, -0.15) is 0 Å². The van der Waals surface area contributed by atoms with Crippen molar-refractivity contribution in [3.63, 3.8) is 0 Å². The van der Waals surface area contributed by atoms with E-state index in [2.05, 4.69) is 0 Å². The molecule has 7 nitrogen and oxygen atoms in total. The number of ether oxygens (including phenoxy) is 1. The Bertz CT molecular complexity index is 439. The molecule has 0 heterocycles. The Morgan fingerprint density at radius 1 is 1.24 bits per heavy atom. The number of carbonyl (C=O) groups excluding carboxylic acids is 1. The molecule has 0 aliphatic rings. The third-order valence-electron chi connectivity index (χ3n) is 1.82. The minimum atomic E-state index is -1.09. The fraction of sp³-hybridized carbons (Fsp3) is 0.200. The van der Waals surface area contributed by atoms with Crippen LogP contribution in [0.25, 0.3) is 0 Å². The van der Waals surface area contributed by atoms with Gasteiger partial charge in [-0.05, 0) is 12.1 Å². The van der Waals surface area contributed by atoms with Gasteiger partial charge in [-0.1, -0.05) is 0 Å². The summed E-state index contributed by atoms with van der Waals surface area (Å²) in [6.07, 6.45) is -0.557. The van der Waals surface area contributed by atoms with Crippen molar-refractivity contribution in [2.45, 2.75) is 12.8 Å². The molecule has 0 amide bonds. The van der Waals surface area contributed by atoms with E-state index in [4.69, 9.17) is 9.84 Å². The third kappa shape index (κ3) is 4.29. The summed E-state index contributed by atoms with van der Waals surface area (Å²) in [5.41, 5.74) is -0.115. The Labute approximate surface area is 95.8 Å². The second kappa shape index (κ2) is 5.59. The van der Waals surface area contributed by atoms with E-state index in [-0.39, 0.29) is 24.3 Å². The molecule has 1 N–H and O–H groups in total. The average molecular weight is 239 g/mol. The summed E-state index contributed by atoms with van der Waals surface area (Å²) >= 11 is 0. The maximum atomic E-state index is 11.1. The molecule has 0 radical (unpaired) electrons. The highest BCUT2D eigenvalue weighted by atomic mass is 16.6. The Kier molecular flexibility index (Phi) is 4.15. The number of aliphatic carboxylic acids is 1. The van der Waals surface area contributed by atoms with Crippen molar-refractivity contribution in [2.24, 2.45) is 0 Å². The standard InChI is InChI=1S/C10H9NO6/c12-9(13)5-6-10(14)17-8-3-1-7(2-4-8)11(15)16/h1-4H,5-6H2,(H,12,13). The first kappa shape index (κ1) is 12.6. The fourth-order valence-electron chi connectivity index (χ4n) is 1.03. The van der Waals surface area contributed by atoms with E-state index in [0.29, 0.717) is 0 Å². The maximum absolute atomic E-state index is 11.1. The van der Waals surface area contributed by atoms with E-state index in [1.165, 1.54) is 24.3 Å². The van der Waals surface area contributed by atoms with Crippen LogP contribution >= 0.6 is 0 Å². The van der Waals surface area contributed by atoms with Gasteiger partial charge in [0.25, 0.3) is 5.69 Å². The second-order valence-electron chi connectivity index (χ2n) is 3.12. The van der Waals surface area contributed by atoms with Gasteiger partial charge in [0.15, 0.2) is 0 Å². The molecule has 0 aliphatic heterocycles. The molecule has 1 rings (SSSR count). The van der Waals surface area contributed by atoms with Crippen LogP contribution in [0.5, 0.6) is 5.75 Å². The van der Waals surface area contributed by atoms with E-state index < -0.39 is 16.9 Å². The van der Waals surface area contributed by atoms with Crippen molar-refractivity contribution >= 4 is 17.6 Å². The van der Waals surface area contributed by atoms with Crippen LogP contribution in [0.2, 0.25) is 0 Å². The zero-order valence-electron chi connectivity index (χ0n) is 8.66. The minimum Gasteiger partial charge on any atom is -0.481 e. The van der Waals surface area contributed by atoms with Crippen molar-refractivity contribution in [1.82, 2.24) is 0 Å². The van der Waals surface area contributed by atoms with Crippen LogP contribution in [0, 0.1) is 10.1 Å². The predicted octanol–water partition coefficient (Wildman–Crippen LogP) is 1.36. The summed E-state index contributed by atoms with van der Waals surface area (Å²) in [5, 5.41) is 18.7. The van der Waals surface area contributed by atoms with Gasteiger partial charge in [-0.25, -0.2) is 0 Å². The molecule has 0 bridgehead atoms. The molecule has 0 aromatic heterocycles. The number of esters is 1. The number of carbonyl (C=O) groups is 2. The predicted molar refractivity (Wildman–Crippen MR) is 55.6 cm³/mol. The molecule has 0 unspecified atom stereocenters. The molecule has 0 spiro atoms. The molecule has 0 aliphatic carbocycles. The third-order valence-corrected chi connectivity index (χ3v) is 1.82. The van der Waals surface area contributed by atoms with E-state index >= 15 is 0 Å². The minimum absolute atomic E-state index is 0.115. The quantitative estimate of drug-likeness (QED) is 0.360. The number of carboxylic acids is 1. The Morgan fingerprint density at radius 3 is 2.29 bits per heavy atom. The fourth-order valence-corrected chi connectivity index (χ4v) is 1.03. The average Bonchev–Trinajstić information content (AvgIpc) is 2.27. The van der Waals surface area contributed by atoms with E-state index in [1.807, 2.05) is 0 Å². The number of carboxylic acid groups (broad SMARTS) is 1. The summed E-state index contributed by atoms with van der Waals surface area (Å²) in [5.74, 6) is -1.64. The molecule has 90 valence electrons. The lowest BCUT2D eigenvalue weighted by atomic mass is 10.3. The summed E-state index contributed by atoms with van der Waals surface area (Å²) in [6, 6.07) is 4.94. The number of hydrogen-bond donors (Lipinski definition) is 1. The summed E-state index contributed by atoms with van der Waals surface area (Å²) in [6.45, 7) is 0. The van der Waals surface area contributed by atoms with Gasteiger partial charge >= 0.3 is 11.9 Å². The first-order chi connectivity index (χ1) is 7.99. The van der Waals surface area contributed by atoms with Crippen LogP contribution in [0.1, 0.15) is 12.8 Å². The largest absolute Gasteiger partial charge is 0.481 e. The molecular weight excluding hydrogens is 230 g/mol. The van der Waals surface area contributed by atoms with Gasteiger partial charge in [-0.3, -0.25) is 19.7 Å². The van der Waals surface area contributed by atoms with Gasteiger partial charge in [0.1, 0.15) is 5.75 Å². The molecule has 17 heavy (non-hydrogen) atoms. The van der Waals surface area contributed by atoms with Gasteiger partial charge in [0.05, 0.1) is 17.8 Å². The Balaban J connectivity index is 2.54. The number of nitrogens with zero attached hydrogens (tertiary/aromatic N) is 1. The highest BCUT2D eigenvalue weighted by Gasteiger charge is 2.09. The topological polar surface area (TPSA) is 107 Å². The monoisotopic (exact) mass is 239 g/mol. The van der Waals surface area contributed by atoms with Crippen LogP contribution in [0.15, 0.2) is 24.3 Å². The summed E-state index contributed by atoms with van der Waals surface area (Å²) < 4.78 is 4.77. The van der Waals surface area contributed by atoms with Crippen LogP contribution in [-0.4, -0.2) is 22.0 Å². The Morgan fingerprint density at radius 2 is 1.82 bits per heavy atom. The van der Waals surface area contributed by atoms with Crippen molar-refractivity contribution in [2.75, 3.05) is 0 Å². The van der Waals surface area contributed by atoms with Crippen molar-refractivity contribution in [3.05, 3.63) is 34.4 Å². The van der Waals surface area contributed by atoms with Crippen LogP contribution < -0.4 is 4.74 Å². The second-order valence-corrected chi connectivity index (χ2v) is 3.12. The summed E-state index contributed by atoms with van der Waals surface area (Å²) in [7, 11) is 0. The number of non-ortho nitro benzene ring substituents is 1. The number of nitro benzene ring substituents is 1. The molecule has 0 atom stereocenters. The number of benzene rings is 1. The van der Waals surface area contributed by atoms with Gasteiger partial charge in [0, 0.05) is 12.1 Å². The molecule has 0 saturated carbocycles. The van der Waals surface area contributed by atoms with Gasteiger partial charge in [-0.15, -0.1) is 0 Å². The van der Waals surface area contributed by atoms with E-state index in [9.17, 15) is 19.7 Å². The SMILES string of the molecule is O=C(O)CCC(=O)Oc1ccc([N+](=O)[O-])cc1. The van der Waals surface area contributed by atoms with Crippen molar-refractivity contribution in [3.8, 4) is 5.75 Å². The van der Waals surface area contributed by atoms with Crippen LogP contribution in [-0.2, 0) is 9.59 Å². The van der Waals surface area contributed by atoms with Crippen molar-refractivity contribution < 1.29 is 24.4 Å². The number of rotatable bonds is 5. The summed E-state index contributed by atoms with van der Waals surface area (Å²) in [4.78, 5) is 31.1. The zero-order chi connectivity index (χ0) is 12.8. The van der Waals surface area contributed by atoms with E-state index in [1.54, 1.807) is 0 Å². The first-order valence-corrected chi connectivity index (χ1v) is 4.66. The van der Waals surface area contributed by atoms with Gasteiger partial charge < -0.3 is 9.84 Å². The molecular formula is C10H9NO6. The smallest absolute Gasteiger partial charge is 0.311 e. The molecule has 1 aromatic carbocycles. The Hall–Kier alpha value is -2.44. The zero-order valence-corrected chi connectivity index (χ0v) is 8.66. The first-order valence-electron chi connectivity index (χ1n) is 4.66. The highest BCUT2D eigenvalue weighted by molar-refractivity contribution is 5.78. The van der Waals surface area contributed by atoms with Crippen LogP contribution in [0.3, 0.4) is 0 Å². The molecule has 1 aromatic rings. The lowest BCUT2D eigenvalue weighted by Gasteiger charge is -2.02. The van der Waals surface area contributed by atoms with Gasteiger partial charge in [0.2, 0.25) is 0 Å². The lowest BCUT2D eigenvalue weighted by molar-refractivity contribution is -0.384.